The number of aryl methyl sites for hydroxylation is 1. The molecule has 1 fully saturated rings. The number of nitrogens with two attached hydrogens (primary N) is 1. The van der Waals surface area contributed by atoms with E-state index in [1.54, 1.807) is 12.1 Å². The Hall–Kier alpha value is -1.48. The van der Waals surface area contributed by atoms with Crippen molar-refractivity contribution in [2.45, 2.75) is 38.3 Å². The zero-order valence-corrected chi connectivity index (χ0v) is 15.3. The Morgan fingerprint density at radius 1 is 1.32 bits per heavy atom. The highest BCUT2D eigenvalue weighted by atomic mass is 32.2. The van der Waals surface area contributed by atoms with Gasteiger partial charge < -0.3 is 15.8 Å². The lowest BCUT2D eigenvalue weighted by atomic mass is 10.1. The summed E-state index contributed by atoms with van der Waals surface area (Å²) in [5, 5.41) is 2.58. The van der Waals surface area contributed by atoms with Crippen LogP contribution in [-0.4, -0.2) is 45.9 Å². The third kappa shape index (κ3) is 6.74. The number of ether oxygens (including phenoxy) is 1. The first-order chi connectivity index (χ1) is 11.9. The molecule has 0 aliphatic carbocycles. The van der Waals surface area contributed by atoms with Crippen LogP contribution < -0.4 is 15.8 Å². The molecule has 1 aromatic carbocycles. The van der Waals surface area contributed by atoms with E-state index in [1.807, 2.05) is 19.1 Å². The highest BCUT2D eigenvalue weighted by molar-refractivity contribution is 7.89. The van der Waals surface area contributed by atoms with Crippen molar-refractivity contribution in [1.82, 2.24) is 10.0 Å². The third-order valence-electron chi connectivity index (χ3n) is 4.19. The molecule has 25 heavy (non-hydrogen) atoms. The van der Waals surface area contributed by atoms with Gasteiger partial charge in [0, 0.05) is 19.7 Å². The molecule has 2 unspecified atom stereocenters. The van der Waals surface area contributed by atoms with E-state index in [0.29, 0.717) is 12.2 Å². The van der Waals surface area contributed by atoms with Gasteiger partial charge in [-0.25, -0.2) is 13.1 Å². The molecule has 1 amide bonds. The number of sulfonamides is 1. The molecule has 1 saturated heterocycles. The largest absolute Gasteiger partial charge is 0.377 e. The number of carbonyl (C=O) groups is 1. The van der Waals surface area contributed by atoms with Crippen LogP contribution in [0.4, 0.5) is 0 Å². The van der Waals surface area contributed by atoms with Gasteiger partial charge >= 0.3 is 0 Å². The Morgan fingerprint density at radius 3 is 2.68 bits per heavy atom. The molecule has 0 spiro atoms. The summed E-state index contributed by atoms with van der Waals surface area (Å²) in [5.74, 6) is -0.582. The summed E-state index contributed by atoms with van der Waals surface area (Å²) >= 11 is 0. The first-order valence-corrected chi connectivity index (χ1v) is 10.2. The van der Waals surface area contributed by atoms with Gasteiger partial charge in [0.25, 0.3) is 0 Å². The van der Waals surface area contributed by atoms with Crippen molar-refractivity contribution in [3.8, 4) is 0 Å². The van der Waals surface area contributed by atoms with Crippen LogP contribution >= 0.6 is 0 Å². The number of rotatable bonds is 8. The minimum absolute atomic E-state index is 0.0131. The van der Waals surface area contributed by atoms with E-state index in [2.05, 4.69) is 10.0 Å². The van der Waals surface area contributed by atoms with Crippen LogP contribution in [0.3, 0.4) is 0 Å². The van der Waals surface area contributed by atoms with Gasteiger partial charge in [-0.2, -0.15) is 0 Å². The second-order valence-electron chi connectivity index (χ2n) is 6.34. The summed E-state index contributed by atoms with van der Waals surface area (Å²) in [5.41, 5.74) is 7.67. The molecule has 2 atom stereocenters. The predicted molar refractivity (Wildman–Crippen MR) is 96.5 cm³/mol. The van der Waals surface area contributed by atoms with E-state index in [9.17, 15) is 13.2 Å². The smallest absolute Gasteiger partial charge is 0.241 e. The van der Waals surface area contributed by atoms with E-state index < -0.39 is 22.0 Å². The lowest BCUT2D eigenvalue weighted by molar-refractivity contribution is -0.122. The normalized spacial score (nSPS) is 19.4. The van der Waals surface area contributed by atoms with Crippen molar-refractivity contribution >= 4 is 15.9 Å². The van der Waals surface area contributed by atoms with Crippen LogP contribution in [0.5, 0.6) is 0 Å². The van der Waals surface area contributed by atoms with Gasteiger partial charge in [0.15, 0.2) is 0 Å². The van der Waals surface area contributed by atoms with Crippen LogP contribution in [0.1, 0.15) is 36.4 Å². The first-order valence-electron chi connectivity index (χ1n) is 8.56. The number of hydrogen-bond donors (Lipinski definition) is 3. The fraction of sp³-hybridized carbons (Fsp3) is 0.588. The fourth-order valence-electron chi connectivity index (χ4n) is 2.60. The zero-order valence-electron chi connectivity index (χ0n) is 14.5. The third-order valence-corrected chi connectivity index (χ3v) is 5.54. The molecule has 1 heterocycles. The topological polar surface area (TPSA) is 111 Å². The van der Waals surface area contributed by atoms with Gasteiger partial charge in [0.05, 0.1) is 11.9 Å². The highest BCUT2D eigenvalue weighted by Gasteiger charge is 2.19. The van der Waals surface area contributed by atoms with Crippen LogP contribution in [0.2, 0.25) is 0 Å². The summed E-state index contributed by atoms with van der Waals surface area (Å²) < 4.78 is 32.0. The van der Waals surface area contributed by atoms with Gasteiger partial charge in [-0.15, -0.1) is 0 Å². The predicted octanol–water partition coefficient (Wildman–Crippen LogP) is 0.600. The fourth-order valence-corrected chi connectivity index (χ4v) is 3.56. The molecule has 8 heteroatoms. The Kier molecular flexibility index (Phi) is 7.37. The van der Waals surface area contributed by atoms with Crippen molar-refractivity contribution in [2.75, 3.05) is 25.4 Å². The second kappa shape index (κ2) is 9.28. The SMILES string of the molecule is Cc1ccc(C(N)C(=O)NCCS(=O)(=O)NCC2CCCCO2)cc1. The monoisotopic (exact) mass is 369 g/mol. The minimum Gasteiger partial charge on any atom is -0.377 e. The number of carbonyl (C=O) groups excluding carboxylic acids is 1. The quantitative estimate of drug-likeness (QED) is 0.621. The van der Waals surface area contributed by atoms with Crippen molar-refractivity contribution in [3.63, 3.8) is 0 Å². The molecule has 0 aromatic heterocycles. The van der Waals surface area contributed by atoms with Gasteiger partial charge in [0.2, 0.25) is 15.9 Å². The van der Waals surface area contributed by atoms with Crippen LogP contribution in [-0.2, 0) is 19.6 Å². The Morgan fingerprint density at radius 2 is 2.04 bits per heavy atom. The summed E-state index contributed by atoms with van der Waals surface area (Å²) in [4.78, 5) is 12.0. The van der Waals surface area contributed by atoms with Crippen LogP contribution in [0.25, 0.3) is 0 Å². The average Bonchev–Trinajstić information content (AvgIpc) is 2.61. The molecule has 0 saturated carbocycles. The Balaban J connectivity index is 1.72. The lowest BCUT2D eigenvalue weighted by Crippen LogP contribution is -2.41. The molecule has 1 aliphatic rings. The summed E-state index contributed by atoms with van der Waals surface area (Å²) in [7, 11) is -3.46. The maximum absolute atomic E-state index is 12.0. The molecule has 0 bridgehead atoms. The molecular weight excluding hydrogens is 342 g/mol. The first kappa shape index (κ1) is 19.8. The van der Waals surface area contributed by atoms with E-state index in [-0.39, 0.29) is 24.9 Å². The molecule has 4 N–H and O–H groups in total. The van der Waals surface area contributed by atoms with Crippen molar-refractivity contribution in [1.29, 1.82) is 0 Å². The maximum Gasteiger partial charge on any atom is 0.241 e. The van der Waals surface area contributed by atoms with Gasteiger partial charge in [-0.1, -0.05) is 29.8 Å². The van der Waals surface area contributed by atoms with Crippen molar-refractivity contribution in [3.05, 3.63) is 35.4 Å². The maximum atomic E-state index is 12.0. The van der Waals surface area contributed by atoms with E-state index in [1.165, 1.54) is 0 Å². The molecule has 2 rings (SSSR count). The van der Waals surface area contributed by atoms with Gasteiger partial charge in [0.1, 0.15) is 6.04 Å². The number of nitrogens with one attached hydrogen (secondary N) is 2. The van der Waals surface area contributed by atoms with E-state index >= 15 is 0 Å². The Bertz CT molecular complexity index is 655. The average molecular weight is 369 g/mol. The van der Waals surface area contributed by atoms with Crippen molar-refractivity contribution in [2.24, 2.45) is 5.73 Å². The molecule has 7 nitrogen and oxygen atoms in total. The highest BCUT2D eigenvalue weighted by Crippen LogP contribution is 2.12. The van der Waals surface area contributed by atoms with Crippen LogP contribution in [0.15, 0.2) is 24.3 Å². The summed E-state index contributed by atoms with van der Waals surface area (Å²) in [6.45, 7) is 2.92. The summed E-state index contributed by atoms with van der Waals surface area (Å²) in [6, 6.07) is 6.53. The minimum atomic E-state index is -3.46. The van der Waals surface area contributed by atoms with Gasteiger partial charge in [-0.3, -0.25) is 4.79 Å². The number of benzene rings is 1. The van der Waals surface area contributed by atoms with E-state index in [4.69, 9.17) is 10.5 Å². The van der Waals surface area contributed by atoms with Crippen LogP contribution in [0, 0.1) is 6.92 Å². The summed E-state index contributed by atoms with van der Waals surface area (Å²) in [6.07, 6.45) is 2.88. The molecule has 1 aliphatic heterocycles. The van der Waals surface area contributed by atoms with Gasteiger partial charge in [-0.05, 0) is 31.7 Å². The zero-order chi connectivity index (χ0) is 18.3. The molecular formula is C17H27N3O4S. The van der Waals surface area contributed by atoms with E-state index in [0.717, 1.165) is 24.8 Å². The molecule has 1 aromatic rings. The molecule has 0 radical (unpaired) electrons. The van der Waals surface area contributed by atoms with Crippen molar-refractivity contribution < 1.29 is 17.9 Å². The molecule has 140 valence electrons. The Labute approximate surface area is 149 Å². The lowest BCUT2D eigenvalue weighted by Gasteiger charge is -2.22. The second-order valence-corrected chi connectivity index (χ2v) is 8.26. The standard InChI is InChI=1S/C17H27N3O4S/c1-13-5-7-14(8-6-13)16(18)17(21)19-9-11-25(22,23)20-12-15-4-2-3-10-24-15/h5-8,15-16,20H,2-4,9-12,18H2,1H3,(H,19,21). The number of hydrogen-bond acceptors (Lipinski definition) is 5. The number of amides is 1.